The fourth-order valence-electron chi connectivity index (χ4n) is 1.16. The number of rotatable bonds is 2. The van der Waals surface area contributed by atoms with Crippen molar-refractivity contribution in [3.05, 3.63) is 10.8 Å². The maximum Gasteiger partial charge on any atom is 0.145 e. The largest absolute Gasteiger partial charge is 0.223 e. The Morgan fingerprint density at radius 2 is 2.23 bits per heavy atom. The first kappa shape index (κ1) is 8.64. The van der Waals surface area contributed by atoms with E-state index in [1.807, 2.05) is 0 Å². The second-order valence-corrected chi connectivity index (χ2v) is 4.56. The lowest BCUT2D eigenvalue weighted by molar-refractivity contribution is 0.776. The van der Waals surface area contributed by atoms with Gasteiger partial charge in [-0.25, -0.2) is 4.98 Å². The maximum absolute atomic E-state index is 8.95. The molecular formula is C9H11N3S. The molecule has 1 aromatic rings. The van der Waals surface area contributed by atoms with Crippen LogP contribution in [-0.4, -0.2) is 9.36 Å². The SMILES string of the molecule is CC(C)c1nsc(C2(C#N)CC2)n1. The molecule has 1 aromatic heterocycles. The highest BCUT2D eigenvalue weighted by molar-refractivity contribution is 7.05. The van der Waals surface area contributed by atoms with E-state index in [-0.39, 0.29) is 5.41 Å². The molecule has 0 bridgehead atoms. The van der Waals surface area contributed by atoms with Crippen LogP contribution in [0.1, 0.15) is 43.4 Å². The van der Waals surface area contributed by atoms with Crippen LogP contribution in [0.25, 0.3) is 0 Å². The molecular weight excluding hydrogens is 182 g/mol. The van der Waals surface area contributed by atoms with Crippen LogP contribution in [-0.2, 0) is 5.41 Å². The molecule has 1 aliphatic carbocycles. The fourth-order valence-corrected chi connectivity index (χ4v) is 2.15. The average molecular weight is 193 g/mol. The zero-order chi connectivity index (χ0) is 9.47. The quantitative estimate of drug-likeness (QED) is 0.723. The van der Waals surface area contributed by atoms with Gasteiger partial charge in [0.25, 0.3) is 0 Å². The van der Waals surface area contributed by atoms with Crippen LogP contribution in [0.3, 0.4) is 0 Å². The predicted octanol–water partition coefficient (Wildman–Crippen LogP) is 2.22. The van der Waals surface area contributed by atoms with E-state index >= 15 is 0 Å². The third-order valence-electron chi connectivity index (χ3n) is 2.33. The molecule has 0 aromatic carbocycles. The molecule has 4 heteroatoms. The van der Waals surface area contributed by atoms with Gasteiger partial charge in [0.2, 0.25) is 0 Å². The first-order valence-electron chi connectivity index (χ1n) is 4.43. The summed E-state index contributed by atoms with van der Waals surface area (Å²) in [5.41, 5.74) is -0.259. The highest BCUT2D eigenvalue weighted by atomic mass is 32.1. The normalized spacial score (nSPS) is 18.6. The van der Waals surface area contributed by atoms with E-state index in [2.05, 4.69) is 29.3 Å². The Bertz CT molecular complexity index is 357. The molecule has 1 heterocycles. The van der Waals surface area contributed by atoms with E-state index in [1.165, 1.54) is 11.5 Å². The fraction of sp³-hybridized carbons (Fsp3) is 0.667. The van der Waals surface area contributed by atoms with Crippen LogP contribution in [0.15, 0.2) is 0 Å². The molecule has 0 aliphatic heterocycles. The second kappa shape index (κ2) is 2.78. The highest BCUT2D eigenvalue weighted by Crippen LogP contribution is 2.48. The molecule has 0 spiro atoms. The molecule has 0 radical (unpaired) electrons. The summed E-state index contributed by atoms with van der Waals surface area (Å²) in [7, 11) is 0. The lowest BCUT2D eigenvalue weighted by Gasteiger charge is -1.97. The monoisotopic (exact) mass is 193 g/mol. The van der Waals surface area contributed by atoms with E-state index in [9.17, 15) is 0 Å². The number of nitriles is 1. The summed E-state index contributed by atoms with van der Waals surface area (Å²) in [4.78, 5) is 4.40. The molecule has 0 unspecified atom stereocenters. The van der Waals surface area contributed by atoms with Crippen molar-refractivity contribution in [2.24, 2.45) is 0 Å². The van der Waals surface area contributed by atoms with Crippen molar-refractivity contribution < 1.29 is 0 Å². The molecule has 13 heavy (non-hydrogen) atoms. The van der Waals surface area contributed by atoms with Gasteiger partial charge in [0.1, 0.15) is 16.2 Å². The van der Waals surface area contributed by atoms with E-state index < -0.39 is 0 Å². The van der Waals surface area contributed by atoms with Crippen LogP contribution in [0, 0.1) is 11.3 Å². The van der Waals surface area contributed by atoms with Crippen molar-refractivity contribution in [1.82, 2.24) is 9.36 Å². The van der Waals surface area contributed by atoms with Gasteiger partial charge in [0.15, 0.2) is 0 Å². The van der Waals surface area contributed by atoms with Crippen LogP contribution in [0.5, 0.6) is 0 Å². The van der Waals surface area contributed by atoms with Crippen molar-refractivity contribution in [2.75, 3.05) is 0 Å². The summed E-state index contributed by atoms with van der Waals surface area (Å²) >= 11 is 1.39. The minimum atomic E-state index is -0.259. The Kier molecular flexibility index (Phi) is 1.85. The Morgan fingerprint density at radius 1 is 1.54 bits per heavy atom. The average Bonchev–Trinajstić information content (AvgIpc) is 2.75. The molecule has 0 atom stereocenters. The standard InChI is InChI=1S/C9H11N3S/c1-6(2)7-11-8(13-12-7)9(5-10)3-4-9/h6H,3-4H2,1-2H3. The molecule has 3 nitrogen and oxygen atoms in total. The number of nitrogens with zero attached hydrogens (tertiary/aromatic N) is 3. The number of hydrogen-bond donors (Lipinski definition) is 0. The van der Waals surface area contributed by atoms with Crippen molar-refractivity contribution in [1.29, 1.82) is 5.26 Å². The van der Waals surface area contributed by atoms with Crippen molar-refractivity contribution in [2.45, 2.75) is 38.0 Å². The third-order valence-corrected chi connectivity index (χ3v) is 3.26. The van der Waals surface area contributed by atoms with Gasteiger partial charge in [0.05, 0.1) is 6.07 Å². The number of aromatic nitrogens is 2. The van der Waals surface area contributed by atoms with E-state index in [4.69, 9.17) is 5.26 Å². The minimum Gasteiger partial charge on any atom is -0.223 e. The highest BCUT2D eigenvalue weighted by Gasteiger charge is 2.48. The molecule has 0 N–H and O–H groups in total. The first-order valence-corrected chi connectivity index (χ1v) is 5.21. The van der Waals surface area contributed by atoms with Crippen molar-refractivity contribution >= 4 is 11.5 Å². The van der Waals surface area contributed by atoms with Crippen LogP contribution in [0.4, 0.5) is 0 Å². The van der Waals surface area contributed by atoms with Gasteiger partial charge in [-0.1, -0.05) is 13.8 Å². The molecule has 0 amide bonds. The Balaban J connectivity index is 2.29. The van der Waals surface area contributed by atoms with E-state index in [0.29, 0.717) is 5.92 Å². The molecule has 2 rings (SSSR count). The molecule has 1 aliphatic rings. The van der Waals surface area contributed by atoms with E-state index in [0.717, 1.165) is 23.7 Å². The summed E-state index contributed by atoms with van der Waals surface area (Å²) in [6, 6.07) is 2.33. The minimum absolute atomic E-state index is 0.259. The van der Waals surface area contributed by atoms with Crippen LogP contribution >= 0.6 is 11.5 Å². The lowest BCUT2D eigenvalue weighted by Crippen LogP contribution is -2.02. The summed E-state index contributed by atoms with van der Waals surface area (Å²) in [5, 5.41) is 9.86. The third kappa shape index (κ3) is 1.33. The summed E-state index contributed by atoms with van der Waals surface area (Å²) < 4.78 is 4.25. The smallest absolute Gasteiger partial charge is 0.145 e. The Labute approximate surface area is 81.6 Å². The Hall–Kier alpha value is -0.950. The molecule has 1 saturated carbocycles. The Morgan fingerprint density at radius 3 is 2.62 bits per heavy atom. The lowest BCUT2D eigenvalue weighted by atomic mass is 10.1. The van der Waals surface area contributed by atoms with Gasteiger partial charge >= 0.3 is 0 Å². The van der Waals surface area contributed by atoms with Gasteiger partial charge in [-0.15, -0.1) is 0 Å². The van der Waals surface area contributed by atoms with Crippen molar-refractivity contribution in [3.63, 3.8) is 0 Å². The number of hydrogen-bond acceptors (Lipinski definition) is 4. The van der Waals surface area contributed by atoms with Crippen molar-refractivity contribution in [3.8, 4) is 6.07 Å². The second-order valence-electron chi connectivity index (χ2n) is 3.81. The van der Waals surface area contributed by atoms with Gasteiger partial charge in [-0.2, -0.15) is 9.64 Å². The van der Waals surface area contributed by atoms with Gasteiger partial charge in [0, 0.05) is 5.92 Å². The topological polar surface area (TPSA) is 49.6 Å². The van der Waals surface area contributed by atoms with Gasteiger partial charge in [-0.3, -0.25) is 0 Å². The summed E-state index contributed by atoms with van der Waals surface area (Å²) in [6.07, 6.45) is 1.91. The zero-order valence-corrected chi connectivity index (χ0v) is 8.56. The summed E-state index contributed by atoms with van der Waals surface area (Å²) in [6.45, 7) is 4.13. The van der Waals surface area contributed by atoms with Gasteiger partial charge < -0.3 is 0 Å². The molecule has 0 saturated heterocycles. The molecule has 1 fully saturated rings. The molecule has 68 valence electrons. The zero-order valence-electron chi connectivity index (χ0n) is 7.74. The van der Waals surface area contributed by atoms with Crippen LogP contribution < -0.4 is 0 Å². The maximum atomic E-state index is 8.95. The van der Waals surface area contributed by atoms with Gasteiger partial charge in [-0.05, 0) is 24.4 Å². The first-order chi connectivity index (χ1) is 6.18. The van der Waals surface area contributed by atoms with Crippen LogP contribution in [0.2, 0.25) is 0 Å². The predicted molar refractivity (Wildman–Crippen MR) is 50.5 cm³/mol. The summed E-state index contributed by atoms with van der Waals surface area (Å²) in [5.74, 6) is 1.24. The van der Waals surface area contributed by atoms with E-state index in [1.54, 1.807) is 0 Å².